The topological polar surface area (TPSA) is 42.4 Å². The second kappa shape index (κ2) is 7.79. The highest BCUT2D eigenvalue weighted by molar-refractivity contribution is 8.00. The van der Waals surface area contributed by atoms with Crippen LogP contribution in [-0.2, 0) is 16.0 Å². The molecule has 2 rings (SSSR count). The van der Waals surface area contributed by atoms with Gasteiger partial charge in [-0.05, 0) is 39.4 Å². The highest BCUT2D eigenvalue weighted by Crippen LogP contribution is 2.28. The van der Waals surface area contributed by atoms with E-state index in [0.29, 0.717) is 6.42 Å². The summed E-state index contributed by atoms with van der Waals surface area (Å²) in [4.78, 5) is 19.2. The quantitative estimate of drug-likeness (QED) is 0.741. The third-order valence-electron chi connectivity index (χ3n) is 3.90. The van der Waals surface area contributed by atoms with E-state index in [2.05, 4.69) is 32.7 Å². The Bertz CT molecular complexity index is 502. The van der Waals surface area contributed by atoms with Crippen LogP contribution in [-0.4, -0.2) is 46.3 Å². The van der Waals surface area contributed by atoms with Crippen molar-refractivity contribution in [3.63, 3.8) is 0 Å². The minimum absolute atomic E-state index is 0.137. The first-order valence-corrected chi connectivity index (χ1v) is 9.82. The number of thiazole rings is 1. The second-order valence-electron chi connectivity index (χ2n) is 6.15. The zero-order valence-electron chi connectivity index (χ0n) is 13.9. The van der Waals surface area contributed by atoms with Crippen LogP contribution in [0.25, 0.3) is 0 Å². The highest BCUT2D eigenvalue weighted by atomic mass is 32.2. The molecule has 1 aliphatic heterocycles. The first kappa shape index (κ1) is 17.8. The van der Waals surface area contributed by atoms with E-state index in [1.807, 2.05) is 10.3 Å². The number of nitrogens with zero attached hydrogens (tertiary/aromatic N) is 2. The number of hydrogen-bond donors (Lipinski definition) is 0. The number of rotatable bonds is 6. The van der Waals surface area contributed by atoms with Crippen molar-refractivity contribution in [2.75, 3.05) is 18.9 Å². The lowest BCUT2D eigenvalue weighted by Gasteiger charge is -2.41. The van der Waals surface area contributed by atoms with E-state index in [1.165, 1.54) is 0 Å². The average Bonchev–Trinajstić information content (AvgIpc) is 2.86. The van der Waals surface area contributed by atoms with E-state index in [1.54, 1.807) is 23.1 Å². The number of thioether (sulfide) groups is 1. The van der Waals surface area contributed by atoms with Gasteiger partial charge in [-0.15, -0.1) is 11.3 Å². The maximum absolute atomic E-state index is 12.7. The SMILES string of the molecule is CCSc1nc(CC(=O)N(CC)C2CCOC(C)(C)C2)cs1. The molecular weight excluding hydrogens is 316 g/mol. The van der Waals surface area contributed by atoms with Gasteiger partial charge in [-0.3, -0.25) is 4.79 Å². The Morgan fingerprint density at radius 2 is 2.32 bits per heavy atom. The van der Waals surface area contributed by atoms with Gasteiger partial charge in [0.2, 0.25) is 5.91 Å². The molecule has 0 aromatic carbocycles. The Kier molecular flexibility index (Phi) is 6.29. The first-order chi connectivity index (χ1) is 10.4. The monoisotopic (exact) mass is 342 g/mol. The van der Waals surface area contributed by atoms with Crippen LogP contribution in [0.1, 0.15) is 46.2 Å². The molecule has 0 aliphatic carbocycles. The van der Waals surface area contributed by atoms with Crippen molar-refractivity contribution in [3.05, 3.63) is 11.1 Å². The van der Waals surface area contributed by atoms with E-state index in [4.69, 9.17) is 4.74 Å². The van der Waals surface area contributed by atoms with Gasteiger partial charge in [0.1, 0.15) is 4.34 Å². The van der Waals surface area contributed by atoms with E-state index < -0.39 is 0 Å². The van der Waals surface area contributed by atoms with Gasteiger partial charge in [-0.2, -0.15) is 0 Å². The Morgan fingerprint density at radius 1 is 1.55 bits per heavy atom. The molecule has 1 aromatic heterocycles. The first-order valence-electron chi connectivity index (χ1n) is 7.95. The molecule has 1 unspecified atom stereocenters. The summed E-state index contributed by atoms with van der Waals surface area (Å²) in [6.45, 7) is 9.86. The minimum Gasteiger partial charge on any atom is -0.375 e. The molecule has 124 valence electrons. The predicted molar refractivity (Wildman–Crippen MR) is 92.7 cm³/mol. The van der Waals surface area contributed by atoms with Crippen LogP contribution in [0.3, 0.4) is 0 Å². The maximum Gasteiger partial charge on any atom is 0.228 e. The molecule has 0 N–H and O–H groups in total. The molecule has 1 atom stereocenters. The number of hydrogen-bond acceptors (Lipinski definition) is 5. The van der Waals surface area contributed by atoms with E-state index >= 15 is 0 Å². The fraction of sp³-hybridized carbons (Fsp3) is 0.750. The maximum atomic E-state index is 12.7. The zero-order chi connectivity index (χ0) is 16.2. The molecule has 4 nitrogen and oxygen atoms in total. The molecule has 0 saturated carbocycles. The number of likely N-dealkylation sites (N-methyl/N-ethyl adjacent to an activating group) is 1. The summed E-state index contributed by atoms with van der Waals surface area (Å²) in [5, 5.41) is 2.01. The summed E-state index contributed by atoms with van der Waals surface area (Å²) in [5.41, 5.74) is 0.762. The molecule has 1 amide bonds. The molecule has 0 bridgehead atoms. The molecule has 0 radical (unpaired) electrons. The van der Waals surface area contributed by atoms with E-state index in [0.717, 1.165) is 41.8 Å². The van der Waals surface area contributed by atoms with Gasteiger partial charge in [-0.1, -0.05) is 18.7 Å². The molecular formula is C16H26N2O2S2. The lowest BCUT2D eigenvalue weighted by molar-refractivity contribution is -0.139. The third kappa shape index (κ3) is 4.70. The Hall–Kier alpha value is -0.590. The summed E-state index contributed by atoms with van der Waals surface area (Å²) >= 11 is 3.36. The minimum atomic E-state index is -0.137. The van der Waals surface area contributed by atoms with Crippen LogP contribution >= 0.6 is 23.1 Å². The van der Waals surface area contributed by atoms with Crippen LogP contribution in [0, 0.1) is 0 Å². The van der Waals surface area contributed by atoms with Crippen LogP contribution in [0.4, 0.5) is 0 Å². The van der Waals surface area contributed by atoms with Gasteiger partial charge in [-0.25, -0.2) is 4.98 Å². The van der Waals surface area contributed by atoms with Crippen molar-refractivity contribution in [1.29, 1.82) is 0 Å². The molecule has 1 aliphatic rings. The van der Waals surface area contributed by atoms with Crippen molar-refractivity contribution in [1.82, 2.24) is 9.88 Å². The number of carbonyl (C=O) groups is 1. The Morgan fingerprint density at radius 3 is 2.95 bits per heavy atom. The van der Waals surface area contributed by atoms with E-state index in [9.17, 15) is 4.79 Å². The molecule has 1 aromatic rings. The summed E-state index contributed by atoms with van der Waals surface area (Å²) in [7, 11) is 0. The number of ether oxygens (including phenoxy) is 1. The van der Waals surface area contributed by atoms with Crippen molar-refractivity contribution < 1.29 is 9.53 Å². The van der Waals surface area contributed by atoms with Gasteiger partial charge >= 0.3 is 0 Å². The average molecular weight is 343 g/mol. The molecule has 6 heteroatoms. The van der Waals surface area contributed by atoms with E-state index in [-0.39, 0.29) is 17.6 Å². The summed E-state index contributed by atoms with van der Waals surface area (Å²) in [5.74, 6) is 1.20. The normalized spacial score (nSPS) is 20.8. The largest absolute Gasteiger partial charge is 0.375 e. The summed E-state index contributed by atoms with van der Waals surface area (Å²) in [6.07, 6.45) is 2.24. The van der Waals surface area contributed by atoms with Crippen LogP contribution < -0.4 is 0 Å². The smallest absolute Gasteiger partial charge is 0.228 e. The van der Waals surface area contributed by atoms with Crippen molar-refractivity contribution in [2.24, 2.45) is 0 Å². The van der Waals surface area contributed by atoms with Gasteiger partial charge in [0.05, 0.1) is 17.7 Å². The lowest BCUT2D eigenvalue weighted by Crippen LogP contribution is -2.48. The van der Waals surface area contributed by atoms with Gasteiger partial charge in [0, 0.05) is 24.6 Å². The molecule has 1 saturated heterocycles. The summed E-state index contributed by atoms with van der Waals surface area (Å²) in [6, 6.07) is 0.282. The van der Waals surface area contributed by atoms with Gasteiger partial charge in [0.25, 0.3) is 0 Å². The fourth-order valence-electron chi connectivity index (χ4n) is 2.92. The van der Waals surface area contributed by atoms with Crippen LogP contribution in [0.15, 0.2) is 9.72 Å². The number of aromatic nitrogens is 1. The third-order valence-corrected chi connectivity index (χ3v) is 5.86. The van der Waals surface area contributed by atoms with Crippen molar-refractivity contribution in [3.8, 4) is 0 Å². The lowest BCUT2D eigenvalue weighted by atomic mass is 9.92. The summed E-state index contributed by atoms with van der Waals surface area (Å²) < 4.78 is 6.82. The van der Waals surface area contributed by atoms with Gasteiger partial charge < -0.3 is 9.64 Å². The molecule has 0 spiro atoms. The fourth-order valence-corrected chi connectivity index (χ4v) is 4.66. The second-order valence-corrected chi connectivity index (χ2v) is 8.52. The highest BCUT2D eigenvalue weighted by Gasteiger charge is 2.33. The zero-order valence-corrected chi connectivity index (χ0v) is 15.6. The Labute approximate surface area is 141 Å². The molecule has 2 heterocycles. The van der Waals surface area contributed by atoms with Crippen LogP contribution in [0.2, 0.25) is 0 Å². The predicted octanol–water partition coefficient (Wildman–Crippen LogP) is 3.60. The van der Waals surface area contributed by atoms with Crippen molar-refractivity contribution in [2.45, 2.75) is 62.9 Å². The standard InChI is InChI=1S/C16H26N2O2S2/c1-5-18(13-7-8-20-16(3,4)10-13)14(19)9-12-11-22-15(17-12)21-6-2/h11,13H,5-10H2,1-4H3. The van der Waals surface area contributed by atoms with Crippen LogP contribution in [0.5, 0.6) is 0 Å². The number of carbonyl (C=O) groups excluding carboxylic acids is 1. The molecule has 22 heavy (non-hydrogen) atoms. The molecule has 1 fully saturated rings. The van der Waals surface area contributed by atoms with Gasteiger partial charge in [0.15, 0.2) is 0 Å². The number of amides is 1. The Balaban J connectivity index is 1.98. The van der Waals surface area contributed by atoms with Crippen molar-refractivity contribution >= 4 is 29.0 Å².